The Labute approximate surface area is 724 Å². The summed E-state index contributed by atoms with van der Waals surface area (Å²) in [7, 11) is -7.42. The van der Waals surface area contributed by atoms with Crippen molar-refractivity contribution in [2.24, 2.45) is 0 Å². The molecule has 15 aromatic rings. The molecule has 4 aliphatic rings. The summed E-state index contributed by atoms with van der Waals surface area (Å²) in [6.07, 6.45) is 3.25. The number of phenolic OH excluding ortho intramolecular Hbond substituents is 1. The number of carbonyl (C=O) groups excluding carboxylic acids is 3. The molecule has 3 atom stereocenters. The number of aromatic hydroxyl groups is 1. The lowest BCUT2D eigenvalue weighted by Gasteiger charge is -2.23. The Kier molecular flexibility index (Phi) is 24.7. The summed E-state index contributed by atoms with van der Waals surface area (Å²) in [5.74, 6) is -1.57. The van der Waals surface area contributed by atoms with E-state index in [1.54, 1.807) is 59.4 Å². The van der Waals surface area contributed by atoms with Crippen LogP contribution in [0.4, 0.5) is 26.3 Å². The van der Waals surface area contributed by atoms with E-state index in [-0.39, 0.29) is 93.6 Å². The number of nitrogens with one attached hydrogen (secondary N) is 1. The summed E-state index contributed by atoms with van der Waals surface area (Å²) < 4.78 is 135. The van der Waals surface area contributed by atoms with Gasteiger partial charge in [0.25, 0.3) is 17.7 Å². The number of phenols is 1. The molecule has 0 saturated carbocycles. The summed E-state index contributed by atoms with van der Waals surface area (Å²) in [4.78, 5) is 64.7. The van der Waals surface area contributed by atoms with Gasteiger partial charge in [0.05, 0.1) is 40.7 Å². The van der Waals surface area contributed by atoms with E-state index >= 15 is 0 Å². The maximum Gasteiger partial charge on any atom is 0.534 e. The van der Waals surface area contributed by atoms with Crippen molar-refractivity contribution < 1.29 is 91.8 Å². The molecular weight excluding hydrogens is 1660 g/mol. The van der Waals surface area contributed by atoms with Crippen molar-refractivity contribution in [2.75, 3.05) is 0 Å². The monoisotopic (exact) mass is 1740 g/mol. The van der Waals surface area contributed by atoms with Crippen LogP contribution in [0.1, 0.15) is 136 Å². The topological polar surface area (TPSA) is 295 Å². The predicted molar refractivity (Wildman–Crippen MR) is 460 cm³/mol. The van der Waals surface area contributed by atoms with E-state index in [0.29, 0.717) is 82.4 Å². The summed E-state index contributed by atoms with van der Waals surface area (Å²) in [5.41, 5.74) is 10.1. The Hall–Kier alpha value is -14.1. The van der Waals surface area contributed by atoms with Gasteiger partial charge in [-0.1, -0.05) is 180 Å². The van der Waals surface area contributed by atoms with Crippen LogP contribution in [0.15, 0.2) is 258 Å². The number of nitrogens with zero attached hydrogens (tertiary/aromatic N) is 8. The second-order valence-electron chi connectivity index (χ2n) is 30.9. The molecule has 0 radical (unpaired) electrons. The van der Waals surface area contributed by atoms with Crippen LogP contribution in [-0.4, -0.2) is 106 Å². The fraction of sp³-hybridized carbons (Fsp3) is 0.188. The maximum atomic E-state index is 14.4. The van der Waals surface area contributed by atoms with Crippen molar-refractivity contribution in [3.05, 3.63) is 362 Å². The Bertz CT molecular complexity index is 6620. The van der Waals surface area contributed by atoms with Crippen LogP contribution in [0.3, 0.4) is 0 Å². The van der Waals surface area contributed by atoms with Crippen LogP contribution in [-0.2, 0) is 54.2 Å². The minimum absolute atomic E-state index is 0.00926. The number of rotatable bonds is 19. The molecule has 10 aromatic carbocycles. The first-order valence-corrected chi connectivity index (χ1v) is 41.8. The number of hydrogen-bond donors (Lipinski definition) is 4. The number of hydroxylamine groups is 1. The number of carbonyl (C=O) groups is 3. The van der Waals surface area contributed by atoms with E-state index < -0.39 is 52.4 Å². The largest absolute Gasteiger partial charge is 0.534 e. The molecule has 4 aliphatic heterocycles. The predicted octanol–water partition coefficient (Wildman–Crippen LogP) is 18.5. The zero-order valence-corrected chi connectivity index (χ0v) is 69.8. The molecule has 9 heterocycles. The Morgan fingerprint density at radius 1 is 0.457 bits per heavy atom. The highest BCUT2D eigenvalue weighted by Crippen LogP contribution is 2.52. The highest BCUT2D eigenvalue weighted by molar-refractivity contribution is 7.88. The quantitative estimate of drug-likeness (QED) is 0.0253. The second kappa shape index (κ2) is 36.2. The number of ether oxygens (including phenoxy) is 2. The van der Waals surface area contributed by atoms with Gasteiger partial charge in [0.2, 0.25) is 0 Å². The highest BCUT2D eigenvalue weighted by atomic mass is 32.2. The van der Waals surface area contributed by atoms with Gasteiger partial charge in [-0.3, -0.25) is 34.2 Å². The van der Waals surface area contributed by atoms with Gasteiger partial charge in [-0.15, -0.1) is 0 Å². The summed E-state index contributed by atoms with van der Waals surface area (Å²) >= 11 is 0. The minimum atomic E-state index is -6.12. The number of benzene rings is 10. The molecule has 4 N–H and O–H groups in total. The number of alkyl halides is 3. The van der Waals surface area contributed by atoms with Crippen LogP contribution in [0.25, 0.3) is 55.0 Å². The van der Waals surface area contributed by atoms with Crippen LogP contribution >= 0.6 is 0 Å². The van der Waals surface area contributed by atoms with E-state index in [2.05, 4.69) is 25.8 Å². The number of amides is 3. The van der Waals surface area contributed by atoms with Gasteiger partial charge in [-0.25, -0.2) is 13.2 Å². The Morgan fingerprint density at radius 2 is 0.803 bits per heavy atom. The molecule has 644 valence electrons. The molecule has 0 spiro atoms. The van der Waals surface area contributed by atoms with Gasteiger partial charge in [-0.2, -0.15) is 27.1 Å². The summed E-state index contributed by atoms with van der Waals surface area (Å²) in [5, 5.41) is 38.4. The zero-order valence-electron chi connectivity index (χ0n) is 69.0. The number of aromatic nitrogens is 5. The van der Waals surface area contributed by atoms with Crippen LogP contribution in [0.2, 0.25) is 5.82 Å². The lowest BCUT2D eigenvalue weighted by Crippen LogP contribution is -2.32. The van der Waals surface area contributed by atoms with E-state index in [9.17, 15) is 54.3 Å². The second-order valence-corrected chi connectivity index (χ2v) is 32.5. The molecule has 3 amide bonds. The lowest BCUT2D eigenvalue weighted by molar-refractivity contribution is -0.0500. The molecule has 1 fully saturated rings. The molecule has 19 rings (SSSR count). The average Bonchev–Trinajstić information content (AvgIpc) is 1.59. The van der Waals surface area contributed by atoms with Crippen molar-refractivity contribution in [1.82, 2.24) is 45.4 Å². The van der Waals surface area contributed by atoms with Crippen molar-refractivity contribution in [3.8, 4) is 45.3 Å². The van der Waals surface area contributed by atoms with E-state index in [4.69, 9.17) is 42.6 Å². The third kappa shape index (κ3) is 17.5. The van der Waals surface area contributed by atoms with Crippen LogP contribution in [0.5, 0.6) is 23.0 Å². The lowest BCUT2D eigenvalue weighted by atomic mass is 9.67. The van der Waals surface area contributed by atoms with Crippen molar-refractivity contribution in [1.29, 1.82) is 0 Å². The van der Waals surface area contributed by atoms with E-state index in [1.807, 2.05) is 174 Å². The summed E-state index contributed by atoms with van der Waals surface area (Å²) in [6, 6.07) is 66.1. The van der Waals surface area contributed by atoms with Gasteiger partial charge in [0, 0.05) is 107 Å². The van der Waals surface area contributed by atoms with Crippen molar-refractivity contribution in [3.63, 3.8) is 0 Å². The number of halogens is 6. The minimum Gasteiger partial charge on any atom is -0.505 e. The smallest absolute Gasteiger partial charge is 0.505 e. The van der Waals surface area contributed by atoms with Gasteiger partial charge in [-0.05, 0) is 152 Å². The Morgan fingerprint density at radius 3 is 1.16 bits per heavy atom. The molecule has 1 saturated heterocycles. The van der Waals surface area contributed by atoms with Gasteiger partial charge >= 0.3 is 22.7 Å². The summed E-state index contributed by atoms with van der Waals surface area (Å²) in [6.45, 7) is 12.0. The highest BCUT2D eigenvalue weighted by Gasteiger charge is 2.51. The van der Waals surface area contributed by atoms with Gasteiger partial charge in [0.15, 0.2) is 23.0 Å². The van der Waals surface area contributed by atoms with E-state index in [0.717, 1.165) is 72.1 Å². The normalized spacial score (nSPS) is 15.3. The first kappa shape index (κ1) is 86.4. The number of hydrogen-bond acceptors (Lipinski definition) is 20. The Balaban J connectivity index is 0.000000134. The molecule has 3 unspecified atom stereocenters. The van der Waals surface area contributed by atoms with Crippen LogP contribution in [0, 0.1) is 45.1 Å². The molecule has 127 heavy (non-hydrogen) atoms. The zero-order chi connectivity index (χ0) is 89.3. The fourth-order valence-electron chi connectivity index (χ4n) is 16.6. The van der Waals surface area contributed by atoms with Crippen molar-refractivity contribution >= 4 is 67.7 Å². The molecule has 5 aromatic heterocycles. The van der Waals surface area contributed by atoms with Gasteiger partial charge in [0.1, 0.15) is 57.7 Å². The molecule has 31 heteroatoms. The van der Waals surface area contributed by atoms with Crippen molar-refractivity contribution in [2.45, 2.75) is 116 Å². The third-order valence-corrected chi connectivity index (χ3v) is 23.5. The van der Waals surface area contributed by atoms with Gasteiger partial charge < -0.3 is 52.6 Å². The standard InChI is InChI=1S/C36H28FN3O3.C32H22F4N2O5S.C23H18FN3O3.C5H12BNO3/c1-22-30(23(2)43-39-22)31-28-14-9-19-38-33(28)35(42-34(25-10-5-3-6-11-25)26-12-7-4-8-13-26)32-29(31)21-40(36(32)41)20-24-15-17-27(37)18-16-24;33-23-15-13-20(14-16-23)18-38-19-25-26(31(38)39)30(42-28(21-8-3-1-4-9-21)22-10-5-2-6-11-22)27-24(12-7-17-37-27)29(25)43-44(40,41)32(34,35)36;1-12-18(13(2)30-26-12)19-16-4-3-9-25-21(16)22(28)20-17(19)11-27(23(20)29)10-14-5-7-15(24)8-6-14;1-3-5(6(8)9)4(2)10-7-3/h3-19,34H,20-21H2,1-2H3;1-17,28H,18-19H2;3-9,28H,10-11H2,1-2H3;3-5,7-9H,1-2H3. The average molecular weight is 1740 g/mol. The van der Waals surface area contributed by atoms with E-state index in [1.165, 1.54) is 71.8 Å². The first-order valence-electron chi connectivity index (χ1n) is 40.4. The molecule has 0 aliphatic carbocycles. The number of fused-ring (bicyclic) bond motifs is 6. The first-order chi connectivity index (χ1) is 61.1. The number of aryl methyl sites for hydroxylation is 4. The molecular formula is C96H80BF6N9O14S. The number of pyridine rings is 3. The fourth-order valence-corrected chi connectivity index (χ4v) is 17.1. The van der Waals surface area contributed by atoms with Crippen LogP contribution < -0.4 is 19.1 Å². The SMILES string of the molecule is CC1NOC(C)C1B(O)O.Cc1noc(C)c1-c1c2c(c(O)c3ncccc13)C(=O)N(Cc1ccc(F)cc1)C2.Cc1noc(C)c1-c1c2c(c(OC(c3ccccc3)c3ccccc3)c3ncccc13)C(=O)N(Cc1ccc(F)cc1)C2.O=C1c2c(c(OS(=O)(=O)C(F)(F)F)c3cccnc3c2OC(c2ccccc2)c2ccccc2)CN1Cc1ccc(F)cc1. The third-order valence-electron chi connectivity index (χ3n) is 22.6. The molecule has 0 bridgehead atoms. The molecule has 23 nitrogen and oxygen atoms in total. The maximum absolute atomic E-state index is 14.4.